The van der Waals surface area contributed by atoms with E-state index in [2.05, 4.69) is 0 Å². The third kappa shape index (κ3) is 3.27. The van der Waals surface area contributed by atoms with Gasteiger partial charge in [-0.1, -0.05) is 18.2 Å². The highest BCUT2D eigenvalue weighted by Crippen LogP contribution is 2.13. The van der Waals surface area contributed by atoms with Crippen LogP contribution in [-0.2, 0) is 0 Å². The summed E-state index contributed by atoms with van der Waals surface area (Å²) >= 11 is 0. The van der Waals surface area contributed by atoms with Gasteiger partial charge in [-0.2, -0.15) is 0 Å². The molecule has 0 spiro atoms. The summed E-state index contributed by atoms with van der Waals surface area (Å²) in [6.07, 6.45) is 2.61. The van der Waals surface area contributed by atoms with Gasteiger partial charge in [-0.25, -0.2) is 4.79 Å². The first-order valence-electron chi connectivity index (χ1n) is 5.93. The minimum Gasteiger partial charge on any atom is -0.497 e. The van der Waals surface area contributed by atoms with Crippen molar-refractivity contribution in [3.8, 4) is 11.6 Å². The predicted molar refractivity (Wildman–Crippen MR) is 75.7 cm³/mol. The summed E-state index contributed by atoms with van der Waals surface area (Å²) in [5.74, 6) is -0.804. The Morgan fingerprint density at radius 1 is 1.19 bits per heavy atom. The molecule has 7 heteroatoms. The number of hydrogen-bond acceptors (Lipinski definition) is 5. The molecule has 0 fully saturated rings. The first kappa shape index (κ1) is 14.3. The Labute approximate surface area is 118 Å². The molecule has 0 amide bonds. The van der Waals surface area contributed by atoms with Crippen molar-refractivity contribution in [1.82, 2.24) is 9.97 Å². The van der Waals surface area contributed by atoms with E-state index in [4.69, 9.17) is 4.74 Å². The minimum absolute atomic E-state index is 0.514. The van der Waals surface area contributed by atoms with Crippen LogP contribution in [0.4, 0.5) is 0 Å². The number of carbonyl (C=O) groups excluding carboxylic acids is 1. The Morgan fingerprint density at radius 2 is 1.86 bits per heavy atom. The van der Waals surface area contributed by atoms with Crippen molar-refractivity contribution in [2.75, 3.05) is 7.11 Å². The van der Waals surface area contributed by atoms with E-state index in [1.54, 1.807) is 31.4 Å². The van der Waals surface area contributed by atoms with Crippen LogP contribution in [0.5, 0.6) is 11.6 Å². The van der Waals surface area contributed by atoms with Crippen LogP contribution in [0, 0.1) is 0 Å². The molecule has 0 radical (unpaired) electrons. The monoisotopic (exact) mass is 288 g/mol. The number of ketones is 1. The van der Waals surface area contributed by atoms with Crippen molar-refractivity contribution >= 4 is 11.9 Å². The second-order valence-electron chi connectivity index (χ2n) is 4.10. The number of rotatable bonds is 4. The van der Waals surface area contributed by atoms with E-state index in [9.17, 15) is 19.5 Å². The Hall–Kier alpha value is -3.09. The van der Waals surface area contributed by atoms with E-state index in [1.807, 2.05) is 9.97 Å². The Kier molecular flexibility index (Phi) is 4.03. The lowest BCUT2D eigenvalue weighted by atomic mass is 10.1. The summed E-state index contributed by atoms with van der Waals surface area (Å²) in [5, 5.41) is 9.46. The van der Waals surface area contributed by atoms with Gasteiger partial charge in [0, 0.05) is 0 Å². The average molecular weight is 288 g/mol. The lowest BCUT2D eigenvalue weighted by molar-refractivity contribution is 0.104. The summed E-state index contributed by atoms with van der Waals surface area (Å²) < 4.78 is 5.00. The maximum atomic E-state index is 11.9. The SMILES string of the molecule is COc1ccc(/C=C/C(=O)c2c(O)[nH]c(=O)[nH]c2=O)cc1. The fourth-order valence-corrected chi connectivity index (χ4v) is 1.67. The fraction of sp³-hybridized carbons (Fsp3) is 0.0714. The third-order valence-corrected chi connectivity index (χ3v) is 2.71. The van der Waals surface area contributed by atoms with E-state index in [0.717, 1.165) is 6.08 Å². The van der Waals surface area contributed by atoms with Gasteiger partial charge < -0.3 is 9.84 Å². The van der Waals surface area contributed by atoms with Crippen molar-refractivity contribution in [2.24, 2.45) is 0 Å². The predicted octanol–water partition coefficient (Wildman–Crippen LogP) is 0.673. The molecule has 2 rings (SSSR count). The van der Waals surface area contributed by atoms with Crippen molar-refractivity contribution in [3.63, 3.8) is 0 Å². The molecule has 0 bridgehead atoms. The zero-order valence-electron chi connectivity index (χ0n) is 11.0. The Bertz CT molecular complexity index is 799. The first-order valence-corrected chi connectivity index (χ1v) is 5.93. The number of methoxy groups -OCH3 is 1. The van der Waals surface area contributed by atoms with Gasteiger partial charge in [0.05, 0.1) is 7.11 Å². The number of aromatic nitrogens is 2. The van der Waals surface area contributed by atoms with Crippen LogP contribution >= 0.6 is 0 Å². The molecule has 0 saturated carbocycles. The summed E-state index contributed by atoms with van der Waals surface area (Å²) in [6.45, 7) is 0. The third-order valence-electron chi connectivity index (χ3n) is 2.71. The Balaban J connectivity index is 2.27. The van der Waals surface area contributed by atoms with Gasteiger partial charge in [0.25, 0.3) is 5.56 Å². The minimum atomic E-state index is -0.944. The number of nitrogens with one attached hydrogen (secondary N) is 2. The summed E-state index contributed by atoms with van der Waals surface area (Å²) in [7, 11) is 1.54. The van der Waals surface area contributed by atoms with Crippen LogP contribution in [0.15, 0.2) is 39.9 Å². The van der Waals surface area contributed by atoms with E-state index in [-0.39, 0.29) is 0 Å². The van der Waals surface area contributed by atoms with E-state index in [0.29, 0.717) is 11.3 Å². The van der Waals surface area contributed by atoms with Crippen LogP contribution in [-0.4, -0.2) is 28.0 Å². The molecule has 7 nitrogen and oxygen atoms in total. The van der Waals surface area contributed by atoms with Gasteiger partial charge in [0.1, 0.15) is 11.3 Å². The smallest absolute Gasteiger partial charge is 0.328 e. The maximum absolute atomic E-state index is 11.9. The molecule has 21 heavy (non-hydrogen) atoms. The van der Waals surface area contributed by atoms with Crippen molar-refractivity contribution in [2.45, 2.75) is 0 Å². The maximum Gasteiger partial charge on any atom is 0.328 e. The van der Waals surface area contributed by atoms with E-state index >= 15 is 0 Å². The number of hydrogen-bond donors (Lipinski definition) is 3. The van der Waals surface area contributed by atoms with E-state index < -0.39 is 28.5 Å². The lowest BCUT2D eigenvalue weighted by Crippen LogP contribution is -2.27. The topological polar surface area (TPSA) is 112 Å². The van der Waals surface area contributed by atoms with Crippen LogP contribution in [0.25, 0.3) is 6.08 Å². The quantitative estimate of drug-likeness (QED) is 0.565. The normalized spacial score (nSPS) is 10.7. The van der Waals surface area contributed by atoms with Crippen LogP contribution in [0.2, 0.25) is 0 Å². The first-order chi connectivity index (χ1) is 10.0. The fourth-order valence-electron chi connectivity index (χ4n) is 1.67. The second kappa shape index (κ2) is 5.91. The molecule has 0 atom stereocenters. The van der Waals surface area contributed by atoms with Gasteiger partial charge in [-0.05, 0) is 23.8 Å². The molecule has 1 aromatic carbocycles. The Morgan fingerprint density at radius 3 is 2.43 bits per heavy atom. The number of aromatic hydroxyl groups is 1. The second-order valence-corrected chi connectivity index (χ2v) is 4.10. The highest BCUT2D eigenvalue weighted by Gasteiger charge is 2.14. The molecule has 0 saturated heterocycles. The van der Waals surface area contributed by atoms with Crippen LogP contribution in [0.1, 0.15) is 15.9 Å². The molecule has 1 aromatic heterocycles. The number of aromatic amines is 2. The number of carbonyl (C=O) groups is 1. The average Bonchev–Trinajstić information content (AvgIpc) is 2.44. The molecule has 1 heterocycles. The lowest BCUT2D eigenvalue weighted by Gasteiger charge is -2.00. The van der Waals surface area contributed by atoms with Gasteiger partial charge in [0.15, 0.2) is 5.78 Å². The van der Waals surface area contributed by atoms with E-state index in [1.165, 1.54) is 6.08 Å². The molecule has 2 aromatic rings. The standard InChI is InChI=1S/C14H12N2O5/c1-21-9-5-2-8(3-6-9)4-7-10(17)11-12(18)15-14(20)16-13(11)19/h2-7H,1H3,(H3,15,16,18,19,20)/b7-4+. The highest BCUT2D eigenvalue weighted by molar-refractivity contribution is 6.07. The van der Waals surface area contributed by atoms with Crippen LogP contribution in [0.3, 0.4) is 0 Å². The molecule has 0 unspecified atom stereocenters. The van der Waals surface area contributed by atoms with Crippen LogP contribution < -0.4 is 16.0 Å². The molecule has 0 aliphatic rings. The molecule has 108 valence electrons. The summed E-state index contributed by atoms with van der Waals surface area (Å²) in [4.78, 5) is 38.1. The van der Waals surface area contributed by atoms with Crippen molar-refractivity contribution in [3.05, 3.63) is 62.3 Å². The highest BCUT2D eigenvalue weighted by atomic mass is 16.5. The number of allylic oxidation sites excluding steroid dienone is 1. The van der Waals surface area contributed by atoms with Crippen molar-refractivity contribution in [1.29, 1.82) is 0 Å². The van der Waals surface area contributed by atoms with Gasteiger partial charge >= 0.3 is 5.69 Å². The van der Waals surface area contributed by atoms with Crippen molar-refractivity contribution < 1.29 is 14.6 Å². The molecule has 0 aliphatic carbocycles. The molecular weight excluding hydrogens is 276 g/mol. The van der Waals surface area contributed by atoms with Gasteiger partial charge in [-0.15, -0.1) is 0 Å². The summed E-state index contributed by atoms with van der Waals surface area (Å²) in [5.41, 5.74) is -1.63. The largest absolute Gasteiger partial charge is 0.497 e. The van der Waals surface area contributed by atoms with Gasteiger partial charge in [0.2, 0.25) is 5.88 Å². The zero-order valence-corrected chi connectivity index (χ0v) is 11.0. The molecule has 3 N–H and O–H groups in total. The number of H-pyrrole nitrogens is 2. The molecule has 0 aliphatic heterocycles. The molecular formula is C14H12N2O5. The number of ether oxygens (including phenoxy) is 1. The van der Waals surface area contributed by atoms with Gasteiger partial charge in [-0.3, -0.25) is 19.6 Å². The number of benzene rings is 1. The zero-order chi connectivity index (χ0) is 15.4. The summed E-state index contributed by atoms with van der Waals surface area (Å²) in [6, 6.07) is 6.88.